The van der Waals surface area contributed by atoms with Gasteiger partial charge in [-0.3, -0.25) is 37.3 Å². The Morgan fingerprint density at radius 2 is 0.474 bits per heavy atom. The molecule has 5 atom stereocenters. The Morgan fingerprint density at radius 3 is 0.701 bits per heavy atom. The first-order chi connectivity index (χ1) is 47.0. The highest BCUT2D eigenvalue weighted by Crippen LogP contribution is 2.45. The zero-order valence-electron chi connectivity index (χ0n) is 63.2. The topological polar surface area (TPSA) is 237 Å². The van der Waals surface area contributed by atoms with E-state index < -0.39 is 97.5 Å². The third kappa shape index (κ3) is 72.2. The number of aliphatic hydroxyl groups is 1. The molecule has 0 spiro atoms. The van der Waals surface area contributed by atoms with Gasteiger partial charge in [0, 0.05) is 25.7 Å². The van der Waals surface area contributed by atoms with Crippen molar-refractivity contribution in [3.05, 3.63) is 0 Å². The molecule has 0 heterocycles. The van der Waals surface area contributed by atoms with E-state index in [0.717, 1.165) is 102 Å². The number of esters is 4. The molecule has 2 unspecified atom stereocenters. The predicted molar refractivity (Wildman–Crippen MR) is 395 cm³/mol. The second-order valence-corrected chi connectivity index (χ2v) is 31.5. The van der Waals surface area contributed by atoms with Crippen LogP contribution in [0.5, 0.6) is 0 Å². The van der Waals surface area contributed by atoms with Gasteiger partial charge in [-0.1, -0.05) is 362 Å². The van der Waals surface area contributed by atoms with Gasteiger partial charge in [-0.05, 0) is 31.6 Å². The zero-order valence-corrected chi connectivity index (χ0v) is 65.0. The van der Waals surface area contributed by atoms with Gasteiger partial charge in [0.2, 0.25) is 0 Å². The Hall–Kier alpha value is -1.94. The number of unbranched alkanes of at least 4 members (excludes halogenated alkanes) is 50. The quantitative estimate of drug-likeness (QED) is 0.0222. The Labute approximate surface area is 594 Å². The van der Waals surface area contributed by atoms with Crippen LogP contribution in [-0.4, -0.2) is 96.7 Å². The van der Waals surface area contributed by atoms with E-state index in [1.54, 1.807) is 0 Å². The average molecular weight is 1420 g/mol. The van der Waals surface area contributed by atoms with Crippen molar-refractivity contribution in [2.45, 2.75) is 432 Å². The molecule has 19 heteroatoms. The fraction of sp³-hybridized carbons (Fsp3) is 0.949. The van der Waals surface area contributed by atoms with Gasteiger partial charge in [-0.2, -0.15) is 0 Å². The summed E-state index contributed by atoms with van der Waals surface area (Å²) in [5.41, 5.74) is 0. The predicted octanol–water partition coefficient (Wildman–Crippen LogP) is 23.3. The lowest BCUT2D eigenvalue weighted by molar-refractivity contribution is -0.161. The van der Waals surface area contributed by atoms with Crippen molar-refractivity contribution in [3.8, 4) is 0 Å². The summed E-state index contributed by atoms with van der Waals surface area (Å²) in [6, 6.07) is 0. The molecular weight excluding hydrogens is 1270 g/mol. The molecule has 0 saturated heterocycles. The minimum Gasteiger partial charge on any atom is -0.462 e. The van der Waals surface area contributed by atoms with Crippen LogP contribution in [-0.2, 0) is 65.4 Å². The van der Waals surface area contributed by atoms with Gasteiger partial charge in [0.25, 0.3) is 0 Å². The van der Waals surface area contributed by atoms with Gasteiger partial charge >= 0.3 is 39.5 Å². The van der Waals surface area contributed by atoms with Crippen molar-refractivity contribution in [1.29, 1.82) is 0 Å². The first kappa shape index (κ1) is 95.1. The second-order valence-electron chi connectivity index (χ2n) is 28.6. The van der Waals surface area contributed by atoms with Crippen molar-refractivity contribution in [3.63, 3.8) is 0 Å². The van der Waals surface area contributed by atoms with Crippen LogP contribution in [0.3, 0.4) is 0 Å². The van der Waals surface area contributed by atoms with Gasteiger partial charge in [-0.15, -0.1) is 0 Å². The summed E-state index contributed by atoms with van der Waals surface area (Å²) in [5.74, 6) is -1.33. The van der Waals surface area contributed by atoms with E-state index in [9.17, 15) is 43.2 Å². The molecule has 0 amide bonds. The van der Waals surface area contributed by atoms with Crippen LogP contribution < -0.4 is 0 Å². The fourth-order valence-corrected chi connectivity index (χ4v) is 13.6. The molecule has 0 aromatic rings. The third-order valence-electron chi connectivity index (χ3n) is 18.3. The Bertz CT molecular complexity index is 1860. The molecule has 0 saturated carbocycles. The first-order valence-electron chi connectivity index (χ1n) is 40.6. The van der Waals surface area contributed by atoms with Crippen LogP contribution in [0.1, 0.15) is 413 Å². The molecule has 17 nitrogen and oxygen atoms in total. The number of hydrogen-bond donors (Lipinski definition) is 3. The zero-order chi connectivity index (χ0) is 71.2. The van der Waals surface area contributed by atoms with E-state index in [2.05, 4.69) is 34.6 Å². The number of rotatable bonds is 78. The molecule has 0 aliphatic carbocycles. The Kier molecular flexibility index (Phi) is 69.6. The molecule has 0 rings (SSSR count). The molecule has 576 valence electrons. The maximum atomic E-state index is 13.1. The van der Waals surface area contributed by atoms with Crippen molar-refractivity contribution in [2.75, 3.05) is 39.6 Å². The lowest BCUT2D eigenvalue weighted by Gasteiger charge is -2.21. The first-order valence-corrected chi connectivity index (χ1v) is 43.6. The number of carbonyl (C=O) groups is 4. The van der Waals surface area contributed by atoms with E-state index in [-0.39, 0.29) is 25.7 Å². The molecule has 0 bridgehead atoms. The van der Waals surface area contributed by atoms with Crippen molar-refractivity contribution >= 4 is 39.5 Å². The summed E-state index contributed by atoms with van der Waals surface area (Å²) < 4.78 is 68.5. The van der Waals surface area contributed by atoms with E-state index in [4.69, 9.17) is 37.0 Å². The van der Waals surface area contributed by atoms with Crippen LogP contribution in [0, 0.1) is 5.92 Å². The molecule has 0 aromatic heterocycles. The molecule has 0 aromatic carbocycles. The highest BCUT2D eigenvalue weighted by Gasteiger charge is 2.30. The van der Waals surface area contributed by atoms with E-state index in [0.29, 0.717) is 25.7 Å². The van der Waals surface area contributed by atoms with E-state index in [1.165, 1.54) is 231 Å². The largest absolute Gasteiger partial charge is 0.472 e. The maximum absolute atomic E-state index is 13.1. The summed E-state index contributed by atoms with van der Waals surface area (Å²) in [6.07, 6.45) is 61.2. The summed E-state index contributed by atoms with van der Waals surface area (Å²) in [4.78, 5) is 72.8. The number of aliphatic hydroxyl groups excluding tert-OH is 1. The summed E-state index contributed by atoms with van der Waals surface area (Å²) in [7, 11) is -9.91. The maximum Gasteiger partial charge on any atom is 0.472 e. The van der Waals surface area contributed by atoms with E-state index >= 15 is 0 Å². The summed E-state index contributed by atoms with van der Waals surface area (Å²) in [6.45, 7) is 7.29. The van der Waals surface area contributed by atoms with Gasteiger partial charge in [0.1, 0.15) is 19.3 Å². The standard InChI is InChI=1S/C78H152O17P2/c1-6-9-12-15-18-21-23-25-26-27-28-29-30-31-32-33-34-40-44-49-54-59-64-78(83)95-74(68-89-76(81)62-57-52-47-42-39-36-35-37-41-45-50-55-60-71(4)5)70-93-97(86,87)91-66-72(79)65-90-96(84,85)92-69-73(67-88-75(80)61-56-51-46-20-17-14-11-8-3)94-77(82)63-58-53-48-43-38-24-22-19-16-13-10-7-2/h71-74,79H,6-70H2,1-5H3,(H,84,85)(H,86,87)/t72-,73+,74+/m0/s1. The third-order valence-corrected chi connectivity index (χ3v) is 20.2. The number of phosphoric acid groups is 2. The lowest BCUT2D eigenvalue weighted by Crippen LogP contribution is -2.30. The van der Waals surface area contributed by atoms with Crippen LogP contribution in [0.4, 0.5) is 0 Å². The lowest BCUT2D eigenvalue weighted by atomic mass is 10.0. The minimum atomic E-state index is -4.96. The molecule has 0 aliphatic heterocycles. The molecular formula is C78H152O17P2. The van der Waals surface area contributed by atoms with Crippen LogP contribution >= 0.6 is 15.6 Å². The smallest absolute Gasteiger partial charge is 0.462 e. The van der Waals surface area contributed by atoms with Crippen LogP contribution in [0.2, 0.25) is 0 Å². The van der Waals surface area contributed by atoms with Crippen LogP contribution in [0.25, 0.3) is 0 Å². The molecule has 97 heavy (non-hydrogen) atoms. The minimum absolute atomic E-state index is 0.107. The number of phosphoric ester groups is 2. The Morgan fingerprint density at radius 1 is 0.278 bits per heavy atom. The molecule has 0 aliphatic rings. The second kappa shape index (κ2) is 71.1. The van der Waals surface area contributed by atoms with Gasteiger partial charge in [-0.25, -0.2) is 9.13 Å². The summed E-state index contributed by atoms with van der Waals surface area (Å²) >= 11 is 0. The highest BCUT2D eigenvalue weighted by atomic mass is 31.2. The van der Waals surface area contributed by atoms with Crippen LogP contribution in [0.15, 0.2) is 0 Å². The van der Waals surface area contributed by atoms with Crippen molar-refractivity contribution in [1.82, 2.24) is 0 Å². The van der Waals surface area contributed by atoms with E-state index in [1.807, 2.05) is 0 Å². The monoisotopic (exact) mass is 1420 g/mol. The van der Waals surface area contributed by atoms with Gasteiger partial charge in [0.15, 0.2) is 12.2 Å². The normalized spacial score (nSPS) is 13.9. The average Bonchev–Trinajstić information content (AvgIpc) is 1.49. The highest BCUT2D eigenvalue weighted by molar-refractivity contribution is 7.47. The van der Waals surface area contributed by atoms with Crippen molar-refractivity contribution < 1.29 is 80.2 Å². The number of ether oxygens (including phenoxy) is 4. The van der Waals surface area contributed by atoms with Gasteiger partial charge in [0.05, 0.1) is 26.4 Å². The van der Waals surface area contributed by atoms with Crippen molar-refractivity contribution in [2.24, 2.45) is 5.92 Å². The van der Waals surface area contributed by atoms with Gasteiger partial charge < -0.3 is 33.8 Å². The number of hydrogen-bond acceptors (Lipinski definition) is 15. The fourth-order valence-electron chi connectivity index (χ4n) is 12.1. The molecule has 0 radical (unpaired) electrons. The number of carbonyl (C=O) groups excluding carboxylic acids is 4. The SMILES string of the molecule is CCCCCCCCCCCCCCCCCCCCCCCCC(=O)O[C@H](COC(=O)CCCCCCCCCCCCCCC(C)C)COP(=O)(O)OC[C@@H](O)COP(=O)(O)OC[C@@H](COC(=O)CCCCCCCCCC)OC(=O)CCCCCCCCCCCCCC. The molecule has 3 N–H and O–H groups in total. The summed E-state index contributed by atoms with van der Waals surface area (Å²) in [5, 5.41) is 10.6. The molecule has 0 fully saturated rings. The Balaban J connectivity index is 5.17.